The van der Waals surface area contributed by atoms with Crippen LogP contribution in [0.25, 0.3) is 0 Å². The van der Waals surface area contributed by atoms with Crippen molar-refractivity contribution in [1.82, 2.24) is 0 Å². The number of hydrogen-bond acceptors (Lipinski definition) is 1. The molecule has 0 fully saturated rings. The maximum absolute atomic E-state index is 10.4. The summed E-state index contributed by atoms with van der Waals surface area (Å²) < 4.78 is 0. The molecule has 0 aromatic heterocycles. The van der Waals surface area contributed by atoms with Crippen LogP contribution >= 0.6 is 0 Å². The van der Waals surface area contributed by atoms with E-state index in [9.17, 15) is 4.79 Å². The summed E-state index contributed by atoms with van der Waals surface area (Å²) in [5, 5.41) is 8.59. The van der Waals surface area contributed by atoms with E-state index in [1.54, 1.807) is 6.92 Å². The van der Waals surface area contributed by atoms with Crippen molar-refractivity contribution in [2.45, 2.75) is 46.5 Å². The van der Waals surface area contributed by atoms with E-state index in [1.807, 2.05) is 0 Å². The van der Waals surface area contributed by atoms with Gasteiger partial charge in [-0.3, -0.25) is 4.79 Å². The second-order valence-electron chi connectivity index (χ2n) is 3.92. The van der Waals surface area contributed by atoms with Gasteiger partial charge in [0, 0.05) is 0 Å². The molecule has 0 bridgehead atoms. The average Bonchev–Trinajstić information content (AvgIpc) is 1.97. The smallest absolute Gasteiger partial charge is 0.306 e. The first-order valence-corrected chi connectivity index (χ1v) is 4.76. The summed E-state index contributed by atoms with van der Waals surface area (Å²) in [6.45, 7) is 6.17. The van der Waals surface area contributed by atoms with Crippen molar-refractivity contribution in [3.63, 3.8) is 0 Å². The maximum Gasteiger partial charge on any atom is 0.306 e. The highest BCUT2D eigenvalue weighted by atomic mass is 16.4. The Hall–Kier alpha value is -0.530. The van der Waals surface area contributed by atoms with E-state index in [2.05, 4.69) is 13.8 Å². The lowest BCUT2D eigenvalue weighted by atomic mass is 10.0. The van der Waals surface area contributed by atoms with Gasteiger partial charge in [0.1, 0.15) is 0 Å². The number of carbonyl (C=O) groups is 1. The zero-order chi connectivity index (χ0) is 9.56. The van der Waals surface area contributed by atoms with Crippen molar-refractivity contribution < 1.29 is 9.90 Å². The molecule has 0 aromatic rings. The summed E-state index contributed by atoms with van der Waals surface area (Å²) >= 11 is 0. The molecule has 0 aliphatic heterocycles. The van der Waals surface area contributed by atoms with Crippen LogP contribution in [0.15, 0.2) is 0 Å². The van der Waals surface area contributed by atoms with E-state index in [4.69, 9.17) is 5.11 Å². The van der Waals surface area contributed by atoms with Gasteiger partial charge in [0.25, 0.3) is 0 Å². The largest absolute Gasteiger partial charge is 0.481 e. The number of hydrogen-bond donors (Lipinski definition) is 1. The highest BCUT2D eigenvalue weighted by molar-refractivity contribution is 5.69. The predicted molar refractivity (Wildman–Crippen MR) is 50.1 cm³/mol. The topological polar surface area (TPSA) is 37.3 Å². The lowest BCUT2D eigenvalue weighted by Crippen LogP contribution is -2.08. The van der Waals surface area contributed by atoms with E-state index >= 15 is 0 Å². The van der Waals surface area contributed by atoms with Crippen LogP contribution < -0.4 is 0 Å². The third kappa shape index (κ3) is 6.20. The fourth-order valence-electron chi connectivity index (χ4n) is 1.13. The van der Waals surface area contributed by atoms with Gasteiger partial charge in [-0.25, -0.2) is 0 Å². The minimum Gasteiger partial charge on any atom is -0.481 e. The molecular formula is C10H20O2. The summed E-state index contributed by atoms with van der Waals surface area (Å²) in [6, 6.07) is 0. The lowest BCUT2D eigenvalue weighted by Gasteiger charge is -2.06. The standard InChI is InChI=1S/C10H20O2/c1-8(2)6-4-5-7-9(3)10(11)12/h8-9H,4-7H2,1-3H3,(H,11,12)/t9-/m0/s1. The number of unbranched alkanes of at least 4 members (excludes halogenated alkanes) is 1. The minimum atomic E-state index is -0.667. The zero-order valence-corrected chi connectivity index (χ0v) is 8.34. The molecule has 2 heteroatoms. The molecule has 0 saturated heterocycles. The van der Waals surface area contributed by atoms with Gasteiger partial charge in [-0.15, -0.1) is 0 Å². The van der Waals surface area contributed by atoms with E-state index in [0.29, 0.717) is 0 Å². The fourth-order valence-corrected chi connectivity index (χ4v) is 1.13. The number of carboxylic acid groups (broad SMARTS) is 1. The SMILES string of the molecule is CC(C)CCCC[C@H](C)C(=O)O. The molecule has 0 radical (unpaired) electrons. The van der Waals surface area contributed by atoms with E-state index < -0.39 is 5.97 Å². The first-order chi connectivity index (χ1) is 5.54. The molecule has 72 valence electrons. The lowest BCUT2D eigenvalue weighted by molar-refractivity contribution is -0.141. The first kappa shape index (κ1) is 11.5. The van der Waals surface area contributed by atoms with Crippen molar-refractivity contribution in [3.8, 4) is 0 Å². The number of rotatable bonds is 6. The van der Waals surface area contributed by atoms with Crippen molar-refractivity contribution >= 4 is 5.97 Å². The predicted octanol–water partition coefficient (Wildman–Crippen LogP) is 2.92. The van der Waals surface area contributed by atoms with Crippen LogP contribution in [0.2, 0.25) is 0 Å². The van der Waals surface area contributed by atoms with Crippen LogP contribution in [-0.2, 0) is 4.79 Å². The third-order valence-electron chi connectivity index (χ3n) is 2.09. The fraction of sp³-hybridized carbons (Fsp3) is 0.900. The molecule has 0 unspecified atom stereocenters. The van der Waals surface area contributed by atoms with Gasteiger partial charge in [0.2, 0.25) is 0 Å². The second-order valence-corrected chi connectivity index (χ2v) is 3.92. The van der Waals surface area contributed by atoms with Gasteiger partial charge < -0.3 is 5.11 Å². The Labute approximate surface area is 75.0 Å². The summed E-state index contributed by atoms with van der Waals surface area (Å²) in [6.07, 6.45) is 4.25. The van der Waals surface area contributed by atoms with Crippen LogP contribution in [-0.4, -0.2) is 11.1 Å². The van der Waals surface area contributed by atoms with Crippen LogP contribution in [0.5, 0.6) is 0 Å². The van der Waals surface area contributed by atoms with Crippen molar-refractivity contribution in [1.29, 1.82) is 0 Å². The van der Waals surface area contributed by atoms with Gasteiger partial charge >= 0.3 is 5.97 Å². The van der Waals surface area contributed by atoms with Crippen LogP contribution in [0.4, 0.5) is 0 Å². The number of aliphatic carboxylic acids is 1. The quantitative estimate of drug-likeness (QED) is 0.625. The maximum atomic E-state index is 10.4. The monoisotopic (exact) mass is 172 g/mol. The highest BCUT2D eigenvalue weighted by Gasteiger charge is 2.09. The molecular weight excluding hydrogens is 152 g/mol. The van der Waals surface area contributed by atoms with E-state index in [1.165, 1.54) is 6.42 Å². The molecule has 0 saturated carbocycles. The van der Waals surface area contributed by atoms with Crippen molar-refractivity contribution in [2.24, 2.45) is 11.8 Å². The molecule has 0 amide bonds. The van der Waals surface area contributed by atoms with Crippen molar-refractivity contribution in [2.75, 3.05) is 0 Å². The van der Waals surface area contributed by atoms with Gasteiger partial charge in [-0.05, 0) is 12.3 Å². The van der Waals surface area contributed by atoms with Gasteiger partial charge in [-0.1, -0.05) is 40.0 Å². The summed E-state index contributed by atoms with van der Waals surface area (Å²) in [7, 11) is 0. The Morgan fingerprint density at radius 3 is 2.08 bits per heavy atom. The molecule has 0 aromatic carbocycles. The first-order valence-electron chi connectivity index (χ1n) is 4.76. The minimum absolute atomic E-state index is 0.169. The van der Waals surface area contributed by atoms with E-state index in [0.717, 1.165) is 25.2 Å². The third-order valence-corrected chi connectivity index (χ3v) is 2.09. The molecule has 0 spiro atoms. The Balaban J connectivity index is 3.25. The van der Waals surface area contributed by atoms with Gasteiger partial charge in [0.05, 0.1) is 5.92 Å². The second kappa shape index (κ2) is 6.04. The summed E-state index contributed by atoms with van der Waals surface area (Å²) in [4.78, 5) is 10.4. The van der Waals surface area contributed by atoms with Gasteiger partial charge in [0.15, 0.2) is 0 Å². The molecule has 1 atom stereocenters. The van der Waals surface area contributed by atoms with Crippen LogP contribution in [0.3, 0.4) is 0 Å². The Morgan fingerprint density at radius 1 is 1.17 bits per heavy atom. The normalized spacial score (nSPS) is 13.3. The zero-order valence-electron chi connectivity index (χ0n) is 8.34. The molecule has 0 heterocycles. The van der Waals surface area contributed by atoms with Gasteiger partial charge in [-0.2, -0.15) is 0 Å². The Morgan fingerprint density at radius 2 is 1.67 bits per heavy atom. The van der Waals surface area contributed by atoms with Crippen molar-refractivity contribution in [3.05, 3.63) is 0 Å². The Bertz CT molecular complexity index is 130. The highest BCUT2D eigenvalue weighted by Crippen LogP contribution is 2.12. The molecule has 1 N–H and O–H groups in total. The number of carboxylic acids is 1. The average molecular weight is 172 g/mol. The molecule has 0 aliphatic rings. The molecule has 0 aliphatic carbocycles. The molecule has 0 rings (SSSR count). The molecule has 12 heavy (non-hydrogen) atoms. The summed E-state index contributed by atoms with van der Waals surface area (Å²) in [5.74, 6) is -0.0955. The van der Waals surface area contributed by atoms with E-state index in [-0.39, 0.29) is 5.92 Å². The Kier molecular flexibility index (Phi) is 5.77. The van der Waals surface area contributed by atoms with Crippen LogP contribution in [0.1, 0.15) is 46.5 Å². The van der Waals surface area contributed by atoms with Crippen LogP contribution in [0, 0.1) is 11.8 Å². The molecule has 2 nitrogen and oxygen atoms in total. The summed E-state index contributed by atoms with van der Waals surface area (Å²) in [5.41, 5.74) is 0.